The van der Waals surface area contributed by atoms with Crippen LogP contribution in [-0.4, -0.2) is 78.5 Å². The fourth-order valence-electron chi connectivity index (χ4n) is 3.91. The molecule has 12 heteroatoms. The second kappa shape index (κ2) is 15.5. The van der Waals surface area contributed by atoms with Crippen molar-refractivity contribution in [1.29, 1.82) is 0 Å². The average Bonchev–Trinajstić information content (AvgIpc) is 3.20. The number of aliphatic hydroxyl groups excluding tert-OH is 2. The van der Waals surface area contributed by atoms with Gasteiger partial charge in [0, 0.05) is 24.1 Å². The molecule has 1 aliphatic heterocycles. The molecule has 0 aromatic heterocycles. The maximum atomic E-state index is 12.2. The molecule has 1 unspecified atom stereocenters. The Morgan fingerprint density at radius 3 is 2.56 bits per heavy atom. The third-order valence-corrected chi connectivity index (χ3v) is 6.02. The van der Waals surface area contributed by atoms with E-state index in [0.29, 0.717) is 18.6 Å². The quantitative estimate of drug-likeness (QED) is 0.0678. The summed E-state index contributed by atoms with van der Waals surface area (Å²) >= 11 is 0. The molecular weight excluding hydrogens is 510 g/mol. The molecule has 1 heterocycles. The lowest BCUT2D eigenvalue weighted by atomic mass is 10.00. The van der Waals surface area contributed by atoms with Crippen LogP contribution in [0.2, 0.25) is 0 Å². The predicted molar refractivity (Wildman–Crippen MR) is 143 cm³/mol. The van der Waals surface area contributed by atoms with Gasteiger partial charge in [-0.15, -0.1) is 0 Å². The van der Waals surface area contributed by atoms with Crippen LogP contribution in [0.4, 0.5) is 0 Å². The van der Waals surface area contributed by atoms with Gasteiger partial charge in [0.25, 0.3) is 0 Å². The molecule has 3 N–H and O–H groups in total. The first-order valence-electron chi connectivity index (χ1n) is 12.7. The van der Waals surface area contributed by atoms with Gasteiger partial charge in [-0.25, -0.2) is 4.79 Å². The number of carbonyl (C=O) groups is 1. The van der Waals surface area contributed by atoms with Crippen molar-refractivity contribution in [2.75, 3.05) is 27.1 Å². The molecule has 0 spiro atoms. The molecule has 1 aliphatic rings. The van der Waals surface area contributed by atoms with E-state index in [4.69, 9.17) is 29.2 Å². The largest absolute Gasteiger partial charge is 0.493 e. The number of carboxylic acids is 1. The van der Waals surface area contributed by atoms with Gasteiger partial charge in [-0.05, 0) is 57.2 Å². The Balaban J connectivity index is 2.31. The Morgan fingerprint density at radius 1 is 1.21 bits per heavy atom. The topological polar surface area (TPSA) is 173 Å². The van der Waals surface area contributed by atoms with E-state index in [9.17, 15) is 20.1 Å². The second-order valence-electron chi connectivity index (χ2n) is 9.61. The molecule has 0 radical (unpaired) electrons. The van der Waals surface area contributed by atoms with Crippen LogP contribution in [0.15, 0.2) is 35.5 Å². The van der Waals surface area contributed by atoms with Gasteiger partial charge in [-0.2, -0.15) is 0 Å². The zero-order chi connectivity index (χ0) is 29.0. The standard InChI is InChI=1S/C27H39N3O9/c1-17(18(2)31)10-11-20(32)25-23(38-27(3,4)39-25)9-6-8-19-21(36-15-7-14-29-30-28)12-13-22(37-16-35-5)24(19)26(33)34/h6,8,10-13,17-18,20,23,25,31-32H,7,9,14-16H2,1-5H3,(H,33,34)/b8-6+,11-10-/t17-,18+,20?,23+,25-/m1/s1. The van der Waals surface area contributed by atoms with Crippen molar-refractivity contribution in [2.45, 2.75) is 70.7 Å². The summed E-state index contributed by atoms with van der Waals surface area (Å²) in [6.07, 6.45) is 4.62. The highest BCUT2D eigenvalue weighted by atomic mass is 16.8. The number of methoxy groups -OCH3 is 1. The molecule has 0 amide bonds. The maximum Gasteiger partial charge on any atom is 0.340 e. The van der Waals surface area contributed by atoms with Crippen LogP contribution >= 0.6 is 0 Å². The summed E-state index contributed by atoms with van der Waals surface area (Å²) in [5.74, 6) is -1.88. The van der Waals surface area contributed by atoms with E-state index in [-0.39, 0.29) is 42.7 Å². The minimum Gasteiger partial charge on any atom is -0.493 e. The highest BCUT2D eigenvalue weighted by molar-refractivity contribution is 5.96. The van der Waals surface area contributed by atoms with Gasteiger partial charge in [-0.1, -0.05) is 36.3 Å². The van der Waals surface area contributed by atoms with Crippen LogP contribution in [0.25, 0.3) is 16.5 Å². The molecule has 1 saturated heterocycles. The van der Waals surface area contributed by atoms with E-state index in [2.05, 4.69) is 10.0 Å². The molecule has 2 rings (SSSR count). The van der Waals surface area contributed by atoms with Gasteiger partial charge >= 0.3 is 5.97 Å². The monoisotopic (exact) mass is 549 g/mol. The van der Waals surface area contributed by atoms with Crippen LogP contribution in [-0.2, 0) is 14.2 Å². The number of aliphatic hydroxyl groups is 2. The van der Waals surface area contributed by atoms with E-state index in [1.54, 1.807) is 51.1 Å². The third-order valence-electron chi connectivity index (χ3n) is 6.02. The van der Waals surface area contributed by atoms with Gasteiger partial charge in [0.1, 0.15) is 29.3 Å². The molecule has 5 atom stereocenters. The number of hydrogen-bond donors (Lipinski definition) is 3. The molecule has 0 aliphatic carbocycles. The summed E-state index contributed by atoms with van der Waals surface area (Å²) in [5, 5.41) is 34.0. The van der Waals surface area contributed by atoms with Crippen molar-refractivity contribution in [3.05, 3.63) is 51.9 Å². The van der Waals surface area contributed by atoms with Gasteiger partial charge < -0.3 is 39.0 Å². The van der Waals surface area contributed by atoms with Crippen molar-refractivity contribution >= 4 is 12.0 Å². The lowest BCUT2D eigenvalue weighted by molar-refractivity contribution is -0.152. The number of aromatic carboxylic acids is 1. The predicted octanol–water partition coefficient (Wildman–Crippen LogP) is 4.30. The van der Waals surface area contributed by atoms with Crippen LogP contribution < -0.4 is 9.47 Å². The number of azide groups is 1. The first-order chi connectivity index (χ1) is 18.5. The summed E-state index contributed by atoms with van der Waals surface area (Å²) in [7, 11) is 1.43. The molecule has 39 heavy (non-hydrogen) atoms. The van der Waals surface area contributed by atoms with Gasteiger partial charge in [0.05, 0.1) is 18.8 Å². The number of nitrogens with zero attached hydrogens (tertiary/aromatic N) is 3. The Hall–Kier alpha value is -3.12. The third kappa shape index (κ3) is 9.85. The molecule has 1 aromatic carbocycles. The van der Waals surface area contributed by atoms with E-state index in [0.717, 1.165) is 0 Å². The van der Waals surface area contributed by atoms with Crippen molar-refractivity contribution < 1.29 is 43.8 Å². The Kier molecular flexibility index (Phi) is 12.7. The minimum absolute atomic E-state index is 0.105. The second-order valence-corrected chi connectivity index (χ2v) is 9.61. The van der Waals surface area contributed by atoms with Crippen LogP contribution in [0, 0.1) is 5.92 Å². The summed E-state index contributed by atoms with van der Waals surface area (Å²) in [4.78, 5) is 14.9. The molecule has 1 aromatic rings. The smallest absolute Gasteiger partial charge is 0.340 e. The lowest BCUT2D eigenvalue weighted by Crippen LogP contribution is -2.34. The Labute approximate surface area is 228 Å². The highest BCUT2D eigenvalue weighted by Gasteiger charge is 2.43. The van der Waals surface area contributed by atoms with Gasteiger partial charge in [0.15, 0.2) is 12.6 Å². The average molecular weight is 550 g/mol. The Bertz CT molecular complexity index is 1050. The van der Waals surface area contributed by atoms with Crippen LogP contribution in [0.3, 0.4) is 0 Å². The maximum absolute atomic E-state index is 12.2. The van der Waals surface area contributed by atoms with Crippen molar-refractivity contribution in [1.82, 2.24) is 0 Å². The molecule has 0 saturated carbocycles. The number of rotatable bonds is 16. The Morgan fingerprint density at radius 2 is 1.92 bits per heavy atom. The van der Waals surface area contributed by atoms with E-state index in [1.807, 2.05) is 6.92 Å². The molecule has 12 nitrogen and oxygen atoms in total. The van der Waals surface area contributed by atoms with Crippen LogP contribution in [0.1, 0.15) is 56.5 Å². The minimum atomic E-state index is -1.22. The van der Waals surface area contributed by atoms with Gasteiger partial charge in [-0.3, -0.25) is 0 Å². The number of ether oxygens (including phenoxy) is 5. The first kappa shape index (κ1) is 32.1. The van der Waals surface area contributed by atoms with Crippen molar-refractivity contribution in [2.24, 2.45) is 11.0 Å². The summed E-state index contributed by atoms with van der Waals surface area (Å²) in [6, 6.07) is 3.09. The van der Waals surface area contributed by atoms with E-state index < -0.39 is 36.2 Å². The van der Waals surface area contributed by atoms with Gasteiger partial charge in [0.2, 0.25) is 0 Å². The molecule has 0 bridgehead atoms. The SMILES string of the molecule is COCOc1ccc(OCCCN=[N+]=[N-])c(/C=C/C[C@@H]2OC(C)(C)O[C@@H]2C(O)/C=C\[C@@H](C)[C@H](C)O)c1C(=O)O. The fourth-order valence-corrected chi connectivity index (χ4v) is 3.91. The summed E-state index contributed by atoms with van der Waals surface area (Å²) in [6.45, 7) is 7.32. The number of carboxylic acid groups (broad SMARTS) is 1. The zero-order valence-corrected chi connectivity index (χ0v) is 23.0. The molecular formula is C27H39N3O9. The van der Waals surface area contributed by atoms with E-state index in [1.165, 1.54) is 13.2 Å². The zero-order valence-electron chi connectivity index (χ0n) is 23.0. The fraction of sp³-hybridized carbons (Fsp3) is 0.593. The lowest BCUT2D eigenvalue weighted by Gasteiger charge is -2.20. The highest BCUT2D eigenvalue weighted by Crippen LogP contribution is 2.35. The molecule has 1 fully saturated rings. The summed E-state index contributed by atoms with van der Waals surface area (Å²) in [5.41, 5.74) is 8.62. The van der Waals surface area contributed by atoms with Crippen molar-refractivity contribution in [3.8, 4) is 11.5 Å². The summed E-state index contributed by atoms with van der Waals surface area (Å²) < 4.78 is 28.2. The number of hydrogen-bond acceptors (Lipinski definition) is 9. The van der Waals surface area contributed by atoms with Crippen molar-refractivity contribution in [3.63, 3.8) is 0 Å². The normalized spacial score (nSPS) is 21.0. The molecule has 216 valence electrons. The first-order valence-corrected chi connectivity index (χ1v) is 12.7. The number of benzene rings is 1. The van der Waals surface area contributed by atoms with E-state index >= 15 is 0 Å². The van der Waals surface area contributed by atoms with Crippen LogP contribution in [0.5, 0.6) is 11.5 Å².